The van der Waals surface area contributed by atoms with E-state index < -0.39 is 0 Å². The number of nitrogen functional groups attached to an aromatic ring is 1. The molecule has 2 aromatic carbocycles. The number of amides is 1. The lowest BCUT2D eigenvalue weighted by atomic mass is 9.85. The van der Waals surface area contributed by atoms with Gasteiger partial charge in [0.2, 0.25) is 0 Å². The fourth-order valence-corrected chi connectivity index (χ4v) is 4.89. The third-order valence-electron chi connectivity index (χ3n) is 7.13. The van der Waals surface area contributed by atoms with Gasteiger partial charge in [0.05, 0.1) is 5.92 Å². The van der Waals surface area contributed by atoms with Gasteiger partial charge < -0.3 is 20.7 Å². The lowest BCUT2D eigenvalue weighted by Crippen LogP contribution is -2.41. The van der Waals surface area contributed by atoms with E-state index >= 15 is 0 Å². The predicted molar refractivity (Wildman–Crippen MR) is 133 cm³/mol. The van der Waals surface area contributed by atoms with Gasteiger partial charge >= 0.3 is 5.97 Å². The maximum Gasteiger partial charge on any atom is 0.309 e. The summed E-state index contributed by atoms with van der Waals surface area (Å²) in [6.45, 7) is 1.81. The van der Waals surface area contributed by atoms with Gasteiger partial charge in [-0.05, 0) is 74.9 Å². The topological polar surface area (TPSA) is 109 Å². The number of nitrogens with two attached hydrogens (primary N) is 1. The number of hydrogen-bond acceptors (Lipinski definition) is 5. The number of ether oxygens (including phenoxy) is 1. The van der Waals surface area contributed by atoms with Gasteiger partial charge in [0.15, 0.2) is 0 Å². The molecule has 0 unspecified atom stereocenters. The second kappa shape index (κ2) is 10.8. The number of carbonyl (C=O) groups is 2. The molecule has 0 radical (unpaired) electrons. The maximum absolute atomic E-state index is 13.1. The molecule has 0 atom stereocenters. The molecule has 2 aromatic rings. The van der Waals surface area contributed by atoms with Gasteiger partial charge in [0.25, 0.3) is 5.91 Å². The van der Waals surface area contributed by atoms with E-state index in [0.29, 0.717) is 11.1 Å². The summed E-state index contributed by atoms with van der Waals surface area (Å²) in [6.07, 6.45) is 4.99. The summed E-state index contributed by atoms with van der Waals surface area (Å²) in [5, 5.41) is 10.8. The summed E-state index contributed by atoms with van der Waals surface area (Å²) in [6, 6.07) is 15.2. The van der Waals surface area contributed by atoms with Crippen LogP contribution in [0.25, 0.3) is 11.1 Å². The van der Waals surface area contributed by atoms with Gasteiger partial charge in [-0.3, -0.25) is 15.0 Å². The Morgan fingerprint density at radius 1 is 0.882 bits per heavy atom. The van der Waals surface area contributed by atoms with Crippen molar-refractivity contribution >= 4 is 17.7 Å². The number of rotatable bonds is 6. The second-order valence-corrected chi connectivity index (χ2v) is 9.38. The van der Waals surface area contributed by atoms with Crippen molar-refractivity contribution in [2.45, 2.75) is 50.7 Å². The Morgan fingerprint density at radius 3 is 1.94 bits per heavy atom. The van der Waals surface area contributed by atoms with Crippen LogP contribution < -0.4 is 11.1 Å². The predicted octanol–water partition coefficient (Wildman–Crippen LogP) is 3.56. The maximum atomic E-state index is 13.1. The Morgan fingerprint density at radius 2 is 1.41 bits per heavy atom. The van der Waals surface area contributed by atoms with Gasteiger partial charge in [-0.1, -0.05) is 36.4 Å². The standard InChI is InChI=1S/C27H34N4O3/c1-31(23-12-10-22(11-13-23)27(33)34-24-14-16-30-17-15-24)26(32)21-8-4-19(5-9-21)18-2-6-20(7-3-18)25(28)29/h2-9,22-24,30H,10-17H2,1H3,(H3,28,29). The van der Waals surface area contributed by atoms with Crippen LogP contribution in [-0.4, -0.2) is 54.9 Å². The molecule has 2 fully saturated rings. The van der Waals surface area contributed by atoms with Crippen molar-refractivity contribution in [2.75, 3.05) is 20.1 Å². The zero-order chi connectivity index (χ0) is 24.1. The Labute approximate surface area is 201 Å². The first-order valence-electron chi connectivity index (χ1n) is 12.2. The van der Waals surface area contributed by atoms with Gasteiger partial charge in [-0.25, -0.2) is 0 Å². The number of carbonyl (C=O) groups excluding carboxylic acids is 2. The molecule has 2 aliphatic rings. The van der Waals surface area contributed by atoms with Crippen LogP contribution in [0.4, 0.5) is 0 Å². The van der Waals surface area contributed by atoms with Crippen molar-refractivity contribution in [3.8, 4) is 11.1 Å². The first kappa shape index (κ1) is 24.0. The Kier molecular flexibility index (Phi) is 7.63. The lowest BCUT2D eigenvalue weighted by Gasteiger charge is -2.34. The molecule has 7 heteroatoms. The molecule has 1 heterocycles. The van der Waals surface area contributed by atoms with E-state index in [2.05, 4.69) is 5.32 Å². The molecule has 0 aromatic heterocycles. The first-order chi connectivity index (χ1) is 16.4. The molecule has 34 heavy (non-hydrogen) atoms. The molecule has 0 bridgehead atoms. The summed E-state index contributed by atoms with van der Waals surface area (Å²) in [7, 11) is 1.86. The monoisotopic (exact) mass is 462 g/mol. The number of hydrogen-bond donors (Lipinski definition) is 3. The molecular formula is C27H34N4O3. The Balaban J connectivity index is 1.30. The van der Waals surface area contributed by atoms with E-state index in [1.54, 1.807) is 0 Å². The first-order valence-corrected chi connectivity index (χ1v) is 12.2. The molecule has 7 nitrogen and oxygen atoms in total. The van der Waals surface area contributed by atoms with Gasteiger partial charge in [0, 0.05) is 24.2 Å². The van der Waals surface area contributed by atoms with E-state index in [1.165, 1.54) is 0 Å². The molecule has 1 aliphatic heterocycles. The van der Waals surface area contributed by atoms with Crippen LogP contribution in [0.2, 0.25) is 0 Å². The van der Waals surface area contributed by atoms with Crippen molar-refractivity contribution in [3.05, 3.63) is 59.7 Å². The average Bonchev–Trinajstić information content (AvgIpc) is 2.88. The van der Waals surface area contributed by atoms with E-state index in [4.69, 9.17) is 15.9 Å². The summed E-state index contributed by atoms with van der Waals surface area (Å²) >= 11 is 0. The summed E-state index contributed by atoms with van der Waals surface area (Å²) < 4.78 is 5.73. The average molecular weight is 463 g/mol. The minimum absolute atomic E-state index is 0.000732. The molecular weight excluding hydrogens is 428 g/mol. The highest BCUT2D eigenvalue weighted by Crippen LogP contribution is 2.30. The number of esters is 1. The zero-order valence-electron chi connectivity index (χ0n) is 19.8. The molecule has 1 saturated carbocycles. The smallest absolute Gasteiger partial charge is 0.309 e. The third-order valence-corrected chi connectivity index (χ3v) is 7.13. The fourth-order valence-electron chi connectivity index (χ4n) is 4.89. The third kappa shape index (κ3) is 5.65. The molecule has 0 spiro atoms. The SMILES string of the molecule is CN(C(=O)c1ccc(-c2ccc(C(=N)N)cc2)cc1)C1CCC(C(=O)OC2CCNCC2)CC1. The molecule has 4 N–H and O–H groups in total. The highest BCUT2D eigenvalue weighted by molar-refractivity contribution is 5.96. The van der Waals surface area contributed by atoms with Crippen LogP contribution in [-0.2, 0) is 9.53 Å². The van der Waals surface area contributed by atoms with Crippen molar-refractivity contribution < 1.29 is 14.3 Å². The van der Waals surface area contributed by atoms with Gasteiger partial charge in [0.1, 0.15) is 11.9 Å². The number of nitrogens with zero attached hydrogens (tertiary/aromatic N) is 1. The quantitative estimate of drug-likeness (QED) is 0.346. The van der Waals surface area contributed by atoms with Crippen LogP contribution in [0.5, 0.6) is 0 Å². The largest absolute Gasteiger partial charge is 0.462 e. The number of piperidine rings is 1. The van der Waals surface area contributed by atoms with E-state index in [0.717, 1.165) is 62.7 Å². The number of nitrogens with one attached hydrogen (secondary N) is 2. The van der Waals surface area contributed by atoms with Gasteiger partial charge in [-0.15, -0.1) is 0 Å². The van der Waals surface area contributed by atoms with Crippen LogP contribution in [0, 0.1) is 11.3 Å². The van der Waals surface area contributed by atoms with E-state index in [9.17, 15) is 9.59 Å². The van der Waals surface area contributed by atoms with Gasteiger partial charge in [-0.2, -0.15) is 0 Å². The molecule has 1 saturated heterocycles. The molecule has 1 amide bonds. The second-order valence-electron chi connectivity index (χ2n) is 9.38. The normalized spacial score (nSPS) is 21.0. The van der Waals surface area contributed by atoms with Crippen LogP contribution >= 0.6 is 0 Å². The van der Waals surface area contributed by atoms with Crippen molar-refractivity contribution in [1.82, 2.24) is 10.2 Å². The van der Waals surface area contributed by atoms with Crippen LogP contribution in [0.15, 0.2) is 48.5 Å². The van der Waals surface area contributed by atoms with Crippen molar-refractivity contribution in [1.29, 1.82) is 5.41 Å². The summed E-state index contributed by atoms with van der Waals surface area (Å²) in [5.74, 6) is -0.0722. The number of amidine groups is 1. The molecule has 180 valence electrons. The Hall–Kier alpha value is -3.19. The lowest BCUT2D eigenvalue weighted by molar-refractivity contribution is -0.156. The van der Waals surface area contributed by atoms with Crippen molar-refractivity contribution in [2.24, 2.45) is 11.7 Å². The fraction of sp³-hybridized carbons (Fsp3) is 0.444. The van der Waals surface area contributed by atoms with Crippen molar-refractivity contribution in [3.63, 3.8) is 0 Å². The van der Waals surface area contributed by atoms with E-state index in [1.807, 2.05) is 60.5 Å². The van der Waals surface area contributed by atoms with Crippen LogP contribution in [0.3, 0.4) is 0 Å². The summed E-state index contributed by atoms with van der Waals surface area (Å²) in [4.78, 5) is 27.5. The molecule has 1 aliphatic carbocycles. The summed E-state index contributed by atoms with van der Waals surface area (Å²) in [5.41, 5.74) is 8.87. The minimum atomic E-state index is -0.0637. The van der Waals surface area contributed by atoms with E-state index in [-0.39, 0.29) is 35.8 Å². The molecule has 4 rings (SSSR count). The zero-order valence-corrected chi connectivity index (χ0v) is 19.8. The van der Waals surface area contributed by atoms with Crippen LogP contribution in [0.1, 0.15) is 54.4 Å². The number of benzene rings is 2. The minimum Gasteiger partial charge on any atom is -0.462 e. The highest BCUT2D eigenvalue weighted by atomic mass is 16.5. The highest BCUT2D eigenvalue weighted by Gasteiger charge is 2.32. The Bertz CT molecular complexity index is 1010.